The summed E-state index contributed by atoms with van der Waals surface area (Å²) < 4.78 is 24.8. The minimum Gasteiger partial charge on any atom is -0.493 e. The largest absolute Gasteiger partial charge is 0.493 e. The van der Waals surface area contributed by atoms with Crippen molar-refractivity contribution >= 4 is 35.4 Å². The molecule has 0 aliphatic rings. The van der Waals surface area contributed by atoms with E-state index in [1.807, 2.05) is 0 Å². The second-order valence-corrected chi connectivity index (χ2v) is 8.74. The van der Waals surface area contributed by atoms with E-state index in [-0.39, 0.29) is 17.0 Å². The van der Waals surface area contributed by atoms with Crippen molar-refractivity contribution in [1.82, 2.24) is 5.32 Å². The summed E-state index contributed by atoms with van der Waals surface area (Å²) in [6.07, 6.45) is 4.36. The number of methoxy groups -OCH3 is 2. The third kappa shape index (κ3) is 7.54. The third-order valence-corrected chi connectivity index (χ3v) is 6.00. The predicted octanol–water partition coefficient (Wildman–Crippen LogP) is 6.15. The van der Waals surface area contributed by atoms with Crippen LogP contribution in [0.25, 0.3) is 12.2 Å². The van der Waals surface area contributed by atoms with Crippen LogP contribution in [0.2, 0.25) is 0 Å². The molecule has 206 valence electrons. The summed E-state index contributed by atoms with van der Waals surface area (Å²) in [4.78, 5) is 38.6. The van der Waals surface area contributed by atoms with Gasteiger partial charge in [0.05, 0.1) is 14.2 Å². The van der Waals surface area contributed by atoms with Crippen LogP contribution >= 0.6 is 0 Å². The van der Waals surface area contributed by atoms with Crippen molar-refractivity contribution in [1.29, 1.82) is 0 Å². The molecule has 4 aromatic rings. The standard InChI is InChI=1S/C33H27FN2O5/c1-40-30-19-13-22(20-31(30)41-2)12-18-29(37)23-14-16-26(17-15-23)35-33(39)28(21-25-10-6-7-11-27(25)34)36-32(38)24-8-4-3-5-9-24/h3-21H,1-2H3,(H,35,39)(H,36,38)/b18-12+,28-21-. The van der Waals surface area contributed by atoms with Crippen molar-refractivity contribution in [2.75, 3.05) is 19.5 Å². The van der Waals surface area contributed by atoms with Gasteiger partial charge in [-0.15, -0.1) is 0 Å². The Morgan fingerprint density at radius 3 is 2.12 bits per heavy atom. The Labute approximate surface area is 236 Å². The molecule has 4 rings (SSSR count). The Kier molecular flexibility index (Phi) is 9.41. The van der Waals surface area contributed by atoms with Gasteiger partial charge in [0.25, 0.3) is 11.8 Å². The lowest BCUT2D eigenvalue weighted by molar-refractivity contribution is -0.113. The first-order chi connectivity index (χ1) is 19.9. The van der Waals surface area contributed by atoms with Crippen molar-refractivity contribution in [3.63, 3.8) is 0 Å². The first kappa shape index (κ1) is 28.5. The van der Waals surface area contributed by atoms with Gasteiger partial charge in [-0.3, -0.25) is 14.4 Å². The number of hydrogen-bond donors (Lipinski definition) is 2. The molecule has 2 amide bonds. The van der Waals surface area contributed by atoms with E-state index in [9.17, 15) is 18.8 Å². The van der Waals surface area contributed by atoms with Gasteiger partial charge in [-0.1, -0.05) is 48.5 Å². The summed E-state index contributed by atoms with van der Waals surface area (Å²) in [7, 11) is 3.08. The molecule has 41 heavy (non-hydrogen) atoms. The maximum Gasteiger partial charge on any atom is 0.272 e. The number of carbonyl (C=O) groups is 3. The highest BCUT2D eigenvalue weighted by Gasteiger charge is 2.16. The molecular formula is C33H27FN2O5. The molecule has 0 saturated heterocycles. The van der Waals surface area contributed by atoms with Crippen LogP contribution in [-0.4, -0.2) is 31.8 Å². The van der Waals surface area contributed by atoms with Crippen molar-refractivity contribution in [3.05, 3.63) is 137 Å². The smallest absolute Gasteiger partial charge is 0.272 e. The van der Waals surface area contributed by atoms with Gasteiger partial charge in [-0.25, -0.2) is 4.39 Å². The van der Waals surface area contributed by atoms with Gasteiger partial charge in [0.15, 0.2) is 17.3 Å². The number of hydrogen-bond acceptors (Lipinski definition) is 5. The number of amides is 2. The van der Waals surface area contributed by atoms with E-state index >= 15 is 0 Å². The van der Waals surface area contributed by atoms with Crippen LogP contribution in [-0.2, 0) is 4.79 Å². The zero-order chi connectivity index (χ0) is 29.2. The number of halogens is 1. The zero-order valence-corrected chi connectivity index (χ0v) is 22.4. The number of anilines is 1. The van der Waals surface area contributed by atoms with Gasteiger partial charge >= 0.3 is 0 Å². The van der Waals surface area contributed by atoms with Crippen LogP contribution in [0.3, 0.4) is 0 Å². The summed E-state index contributed by atoms with van der Waals surface area (Å²) >= 11 is 0. The number of allylic oxidation sites excluding steroid dienone is 1. The molecule has 0 aliphatic carbocycles. The normalized spacial score (nSPS) is 11.1. The van der Waals surface area contributed by atoms with Gasteiger partial charge in [0.1, 0.15) is 11.5 Å². The number of carbonyl (C=O) groups excluding carboxylic acids is 3. The number of nitrogens with one attached hydrogen (secondary N) is 2. The lowest BCUT2D eigenvalue weighted by Gasteiger charge is -2.12. The van der Waals surface area contributed by atoms with Crippen LogP contribution < -0.4 is 20.1 Å². The molecule has 0 unspecified atom stereocenters. The van der Waals surface area contributed by atoms with Gasteiger partial charge in [0, 0.05) is 22.4 Å². The lowest BCUT2D eigenvalue weighted by Crippen LogP contribution is -2.30. The molecule has 0 bridgehead atoms. The first-order valence-electron chi connectivity index (χ1n) is 12.6. The van der Waals surface area contributed by atoms with E-state index in [1.165, 1.54) is 37.5 Å². The van der Waals surface area contributed by atoms with Crippen molar-refractivity contribution in [2.45, 2.75) is 0 Å². The molecule has 0 aromatic heterocycles. The van der Waals surface area contributed by atoms with Crippen molar-refractivity contribution in [2.24, 2.45) is 0 Å². The van der Waals surface area contributed by atoms with Gasteiger partial charge in [0.2, 0.25) is 0 Å². The lowest BCUT2D eigenvalue weighted by atomic mass is 10.1. The molecule has 2 N–H and O–H groups in total. The predicted molar refractivity (Wildman–Crippen MR) is 156 cm³/mol. The summed E-state index contributed by atoms with van der Waals surface area (Å²) in [6.45, 7) is 0. The number of ketones is 1. The summed E-state index contributed by atoms with van der Waals surface area (Å²) in [5, 5.41) is 5.26. The second kappa shape index (κ2) is 13.5. The number of ether oxygens (including phenoxy) is 2. The summed E-state index contributed by atoms with van der Waals surface area (Å²) in [5.41, 5.74) is 1.86. The Morgan fingerprint density at radius 1 is 0.756 bits per heavy atom. The Bertz CT molecular complexity index is 1610. The monoisotopic (exact) mass is 550 g/mol. The highest BCUT2D eigenvalue weighted by atomic mass is 19.1. The topological polar surface area (TPSA) is 93.7 Å². The minimum atomic E-state index is -0.662. The van der Waals surface area contributed by atoms with E-state index in [0.29, 0.717) is 28.3 Å². The van der Waals surface area contributed by atoms with Crippen LogP contribution in [0.1, 0.15) is 31.8 Å². The fraction of sp³-hybridized carbons (Fsp3) is 0.0606. The van der Waals surface area contributed by atoms with E-state index in [1.54, 1.807) is 92.0 Å². The summed E-state index contributed by atoms with van der Waals surface area (Å²) in [6, 6.07) is 25.8. The highest BCUT2D eigenvalue weighted by molar-refractivity contribution is 6.11. The second-order valence-electron chi connectivity index (χ2n) is 8.74. The fourth-order valence-corrected chi connectivity index (χ4v) is 3.83. The average molecular weight is 551 g/mol. The molecule has 0 heterocycles. The molecule has 0 saturated carbocycles. The molecule has 0 aliphatic heterocycles. The quantitative estimate of drug-likeness (QED) is 0.183. The maximum atomic E-state index is 14.3. The number of rotatable bonds is 10. The molecule has 8 heteroatoms. The Hall–Kier alpha value is -5.50. The molecular weight excluding hydrogens is 523 g/mol. The Balaban J connectivity index is 1.48. The van der Waals surface area contributed by atoms with Crippen LogP contribution in [0.4, 0.5) is 10.1 Å². The van der Waals surface area contributed by atoms with Gasteiger partial charge < -0.3 is 20.1 Å². The Morgan fingerprint density at radius 2 is 1.44 bits per heavy atom. The van der Waals surface area contributed by atoms with Gasteiger partial charge in [-0.05, 0) is 72.3 Å². The third-order valence-electron chi connectivity index (χ3n) is 6.00. The van der Waals surface area contributed by atoms with Crippen LogP contribution in [0.15, 0.2) is 109 Å². The van der Waals surface area contributed by atoms with Crippen LogP contribution in [0.5, 0.6) is 11.5 Å². The highest BCUT2D eigenvalue weighted by Crippen LogP contribution is 2.28. The molecule has 0 fully saturated rings. The number of benzene rings is 4. The van der Waals surface area contributed by atoms with E-state index in [0.717, 1.165) is 5.56 Å². The SMILES string of the molecule is COc1ccc(/C=C/C(=O)c2ccc(NC(=O)/C(=C/c3ccccc3F)NC(=O)c3ccccc3)cc2)cc1OC. The van der Waals surface area contributed by atoms with Crippen molar-refractivity contribution in [3.8, 4) is 11.5 Å². The van der Waals surface area contributed by atoms with Crippen LogP contribution in [0, 0.1) is 5.82 Å². The first-order valence-corrected chi connectivity index (χ1v) is 12.6. The van der Waals surface area contributed by atoms with E-state index < -0.39 is 17.6 Å². The molecule has 0 radical (unpaired) electrons. The molecule has 0 spiro atoms. The molecule has 0 atom stereocenters. The minimum absolute atomic E-state index is 0.133. The molecule has 7 nitrogen and oxygen atoms in total. The average Bonchev–Trinajstić information content (AvgIpc) is 3.01. The summed E-state index contributed by atoms with van der Waals surface area (Å²) in [5.74, 6) is -0.843. The van der Waals surface area contributed by atoms with E-state index in [2.05, 4.69) is 10.6 Å². The van der Waals surface area contributed by atoms with E-state index in [4.69, 9.17) is 9.47 Å². The van der Waals surface area contributed by atoms with Gasteiger partial charge in [-0.2, -0.15) is 0 Å². The fourth-order valence-electron chi connectivity index (χ4n) is 3.83. The van der Waals surface area contributed by atoms with Crippen molar-refractivity contribution < 1.29 is 28.2 Å². The maximum absolute atomic E-state index is 14.3. The zero-order valence-electron chi connectivity index (χ0n) is 22.4. The molecule has 4 aromatic carbocycles.